The first-order valence-corrected chi connectivity index (χ1v) is 5.73. The SMILES string of the molecule is CC[C@@H](C)[C@H](NC(=O)[C@H]1CCOC1)C(N)=O. The molecular formula is C11H20N2O3. The van der Waals surface area contributed by atoms with E-state index in [1.54, 1.807) is 0 Å². The van der Waals surface area contributed by atoms with E-state index in [0.29, 0.717) is 13.2 Å². The third kappa shape index (κ3) is 3.20. The molecule has 5 heteroatoms. The van der Waals surface area contributed by atoms with E-state index in [1.807, 2.05) is 13.8 Å². The van der Waals surface area contributed by atoms with Gasteiger partial charge in [0.15, 0.2) is 0 Å². The standard InChI is InChI=1S/C11H20N2O3/c1-3-7(2)9(10(12)14)13-11(15)8-4-5-16-6-8/h7-9H,3-6H2,1-2H3,(H2,12,14)(H,13,15)/t7-,8+,9+/m1/s1. The van der Waals surface area contributed by atoms with E-state index in [2.05, 4.69) is 5.32 Å². The molecule has 0 aromatic carbocycles. The Balaban J connectivity index is 2.53. The van der Waals surface area contributed by atoms with Crippen LogP contribution in [0.15, 0.2) is 0 Å². The topological polar surface area (TPSA) is 81.4 Å². The molecule has 1 rings (SSSR count). The first-order chi connectivity index (χ1) is 7.56. The van der Waals surface area contributed by atoms with Crippen LogP contribution >= 0.6 is 0 Å². The van der Waals surface area contributed by atoms with Gasteiger partial charge in [-0.1, -0.05) is 20.3 Å². The van der Waals surface area contributed by atoms with Crippen molar-refractivity contribution >= 4 is 11.8 Å². The highest BCUT2D eigenvalue weighted by atomic mass is 16.5. The summed E-state index contributed by atoms with van der Waals surface area (Å²) in [7, 11) is 0. The molecule has 3 N–H and O–H groups in total. The molecule has 92 valence electrons. The fourth-order valence-electron chi connectivity index (χ4n) is 1.74. The predicted octanol–water partition coefficient (Wildman–Crippen LogP) is 0.0391. The molecule has 0 aromatic rings. The van der Waals surface area contributed by atoms with Gasteiger partial charge in [-0.25, -0.2) is 0 Å². The van der Waals surface area contributed by atoms with Crippen molar-refractivity contribution in [2.24, 2.45) is 17.6 Å². The molecule has 0 aliphatic carbocycles. The lowest BCUT2D eigenvalue weighted by atomic mass is 9.97. The van der Waals surface area contributed by atoms with E-state index in [1.165, 1.54) is 0 Å². The van der Waals surface area contributed by atoms with E-state index in [0.717, 1.165) is 12.8 Å². The van der Waals surface area contributed by atoms with Gasteiger partial charge in [-0.3, -0.25) is 9.59 Å². The third-order valence-corrected chi connectivity index (χ3v) is 3.12. The third-order valence-electron chi connectivity index (χ3n) is 3.12. The number of amides is 2. The van der Waals surface area contributed by atoms with E-state index >= 15 is 0 Å². The maximum absolute atomic E-state index is 11.8. The van der Waals surface area contributed by atoms with Gasteiger partial charge in [-0.2, -0.15) is 0 Å². The Kier molecular flexibility index (Phi) is 4.73. The van der Waals surface area contributed by atoms with Gasteiger partial charge in [0.25, 0.3) is 0 Å². The molecule has 3 atom stereocenters. The molecule has 1 fully saturated rings. The highest BCUT2D eigenvalue weighted by Crippen LogP contribution is 2.14. The lowest BCUT2D eigenvalue weighted by molar-refractivity contribution is -0.130. The number of carbonyl (C=O) groups is 2. The molecule has 1 saturated heterocycles. The molecule has 0 unspecified atom stereocenters. The van der Waals surface area contributed by atoms with Crippen LogP contribution in [0.2, 0.25) is 0 Å². The molecule has 1 aliphatic heterocycles. The summed E-state index contributed by atoms with van der Waals surface area (Å²) >= 11 is 0. The zero-order valence-corrected chi connectivity index (χ0v) is 9.86. The van der Waals surface area contributed by atoms with E-state index < -0.39 is 11.9 Å². The minimum atomic E-state index is -0.571. The molecule has 0 bridgehead atoms. The van der Waals surface area contributed by atoms with Crippen molar-refractivity contribution in [3.63, 3.8) is 0 Å². The Labute approximate surface area is 95.7 Å². The summed E-state index contributed by atoms with van der Waals surface area (Å²) in [6.07, 6.45) is 1.52. The second-order valence-electron chi connectivity index (χ2n) is 4.33. The maximum atomic E-state index is 11.8. The van der Waals surface area contributed by atoms with Crippen LogP contribution in [0, 0.1) is 11.8 Å². The van der Waals surface area contributed by atoms with Gasteiger partial charge in [0.2, 0.25) is 11.8 Å². The van der Waals surface area contributed by atoms with Crippen molar-refractivity contribution < 1.29 is 14.3 Å². The van der Waals surface area contributed by atoms with Crippen molar-refractivity contribution in [2.75, 3.05) is 13.2 Å². The summed E-state index contributed by atoms with van der Waals surface area (Å²) in [6, 6.07) is -0.571. The fourth-order valence-corrected chi connectivity index (χ4v) is 1.74. The van der Waals surface area contributed by atoms with Crippen LogP contribution in [-0.2, 0) is 14.3 Å². The minimum absolute atomic E-state index is 0.0590. The maximum Gasteiger partial charge on any atom is 0.240 e. The number of carbonyl (C=O) groups excluding carboxylic acids is 2. The number of ether oxygens (including phenoxy) is 1. The molecule has 2 amide bonds. The highest BCUT2D eigenvalue weighted by molar-refractivity contribution is 5.87. The van der Waals surface area contributed by atoms with Crippen LogP contribution in [0.5, 0.6) is 0 Å². The van der Waals surface area contributed by atoms with Gasteiger partial charge in [0.05, 0.1) is 12.5 Å². The number of nitrogens with one attached hydrogen (secondary N) is 1. The summed E-state index contributed by atoms with van der Waals surface area (Å²) in [6.45, 7) is 4.92. The Morgan fingerprint density at radius 1 is 1.56 bits per heavy atom. The summed E-state index contributed by atoms with van der Waals surface area (Å²) in [4.78, 5) is 23.0. The first kappa shape index (κ1) is 13.0. The number of hydrogen-bond acceptors (Lipinski definition) is 3. The number of rotatable bonds is 5. The predicted molar refractivity (Wildman–Crippen MR) is 59.5 cm³/mol. The van der Waals surface area contributed by atoms with Crippen LogP contribution in [-0.4, -0.2) is 31.1 Å². The zero-order valence-electron chi connectivity index (χ0n) is 9.86. The molecule has 1 aliphatic rings. The summed E-state index contributed by atoms with van der Waals surface area (Å²) in [5, 5.41) is 2.72. The van der Waals surface area contributed by atoms with E-state index in [4.69, 9.17) is 10.5 Å². The molecule has 16 heavy (non-hydrogen) atoms. The van der Waals surface area contributed by atoms with Crippen LogP contribution in [0.3, 0.4) is 0 Å². The van der Waals surface area contributed by atoms with Gasteiger partial charge < -0.3 is 15.8 Å². The second kappa shape index (κ2) is 5.84. The second-order valence-corrected chi connectivity index (χ2v) is 4.33. The lowest BCUT2D eigenvalue weighted by Crippen LogP contribution is -2.50. The smallest absolute Gasteiger partial charge is 0.240 e. The lowest BCUT2D eigenvalue weighted by Gasteiger charge is -2.22. The Morgan fingerprint density at radius 3 is 2.69 bits per heavy atom. The van der Waals surface area contributed by atoms with E-state index in [-0.39, 0.29) is 17.7 Å². The summed E-state index contributed by atoms with van der Waals surface area (Å²) in [5.74, 6) is -0.669. The number of nitrogens with two attached hydrogens (primary N) is 1. The molecule has 1 heterocycles. The number of hydrogen-bond donors (Lipinski definition) is 2. The van der Waals surface area contributed by atoms with Crippen LogP contribution < -0.4 is 11.1 Å². The molecule has 0 radical (unpaired) electrons. The molecule has 5 nitrogen and oxygen atoms in total. The Morgan fingerprint density at radius 2 is 2.25 bits per heavy atom. The van der Waals surface area contributed by atoms with Gasteiger partial charge in [-0.05, 0) is 12.3 Å². The largest absolute Gasteiger partial charge is 0.381 e. The van der Waals surface area contributed by atoms with Gasteiger partial charge in [0, 0.05) is 6.61 Å². The molecule has 0 saturated carbocycles. The summed E-state index contributed by atoms with van der Waals surface area (Å²) < 4.78 is 5.13. The van der Waals surface area contributed by atoms with Gasteiger partial charge >= 0.3 is 0 Å². The van der Waals surface area contributed by atoms with Crippen LogP contribution in [0.25, 0.3) is 0 Å². The highest BCUT2D eigenvalue weighted by Gasteiger charge is 2.29. The number of primary amides is 1. The first-order valence-electron chi connectivity index (χ1n) is 5.73. The minimum Gasteiger partial charge on any atom is -0.381 e. The molecule has 0 aromatic heterocycles. The summed E-state index contributed by atoms with van der Waals surface area (Å²) in [5.41, 5.74) is 5.28. The fraction of sp³-hybridized carbons (Fsp3) is 0.818. The Bertz CT molecular complexity index is 262. The van der Waals surface area contributed by atoms with Crippen molar-refractivity contribution in [3.8, 4) is 0 Å². The Hall–Kier alpha value is -1.10. The van der Waals surface area contributed by atoms with Crippen molar-refractivity contribution in [3.05, 3.63) is 0 Å². The molecule has 0 spiro atoms. The monoisotopic (exact) mass is 228 g/mol. The van der Waals surface area contributed by atoms with E-state index in [9.17, 15) is 9.59 Å². The normalized spacial score (nSPS) is 23.8. The van der Waals surface area contributed by atoms with Crippen molar-refractivity contribution in [2.45, 2.75) is 32.7 Å². The van der Waals surface area contributed by atoms with Crippen LogP contribution in [0.1, 0.15) is 26.7 Å². The average Bonchev–Trinajstić information content (AvgIpc) is 2.77. The average molecular weight is 228 g/mol. The van der Waals surface area contributed by atoms with Crippen molar-refractivity contribution in [1.82, 2.24) is 5.32 Å². The zero-order chi connectivity index (χ0) is 12.1. The van der Waals surface area contributed by atoms with Gasteiger partial charge in [-0.15, -0.1) is 0 Å². The van der Waals surface area contributed by atoms with Gasteiger partial charge in [0.1, 0.15) is 6.04 Å². The molecular weight excluding hydrogens is 208 g/mol. The quantitative estimate of drug-likeness (QED) is 0.697. The van der Waals surface area contributed by atoms with Crippen molar-refractivity contribution in [1.29, 1.82) is 0 Å². The van der Waals surface area contributed by atoms with Crippen LogP contribution in [0.4, 0.5) is 0 Å².